The largest absolute Gasteiger partial charge is 0.480 e. The van der Waals surface area contributed by atoms with E-state index in [0.717, 1.165) is 4.31 Å². The molecule has 0 saturated carbocycles. The minimum Gasteiger partial charge on any atom is -0.480 e. The maximum Gasteiger partial charge on any atom is 0.326 e. The first-order valence-corrected chi connectivity index (χ1v) is 16.1. The molecule has 0 aromatic heterocycles. The molecule has 2 aromatic carbocycles. The van der Waals surface area contributed by atoms with E-state index in [9.17, 15) is 37.5 Å². The number of carboxylic acid groups (broad SMARTS) is 1. The molecule has 9 N–H and O–H groups in total. The number of hydrogen-bond acceptors (Lipinski definition) is 9. The molecule has 0 spiro atoms. The molecule has 46 heavy (non-hydrogen) atoms. The number of amidine groups is 1. The summed E-state index contributed by atoms with van der Waals surface area (Å²) in [5.74, 6) is -3.82. The number of hydrogen-bond donors (Lipinski definition) is 7. The Bertz CT molecular complexity index is 1570. The number of sulfonamides is 1. The second-order valence-electron chi connectivity index (χ2n) is 10.8. The van der Waals surface area contributed by atoms with Crippen molar-refractivity contribution in [3.05, 3.63) is 59.7 Å². The normalized spacial score (nSPS) is 15.5. The van der Waals surface area contributed by atoms with Gasteiger partial charge in [0.05, 0.1) is 17.3 Å². The first kappa shape index (κ1) is 35.8. The maximum atomic E-state index is 13.1. The highest BCUT2D eigenvalue weighted by molar-refractivity contribution is 7.89. The number of carbonyl (C=O) groups is 5. The maximum absolute atomic E-state index is 13.1. The number of carboxylic acids is 1. The van der Waals surface area contributed by atoms with Crippen molar-refractivity contribution in [1.82, 2.24) is 14.9 Å². The number of carbonyl (C=O) groups excluding carboxylic acids is 4. The van der Waals surface area contributed by atoms with Gasteiger partial charge < -0.3 is 32.5 Å². The van der Waals surface area contributed by atoms with Gasteiger partial charge in [-0.3, -0.25) is 24.6 Å². The van der Waals surface area contributed by atoms with Gasteiger partial charge in [0.1, 0.15) is 12.1 Å². The molecule has 1 fully saturated rings. The summed E-state index contributed by atoms with van der Waals surface area (Å²) in [7, 11) is -3.99. The number of amides is 3. The van der Waals surface area contributed by atoms with Crippen molar-refractivity contribution in [2.45, 2.75) is 61.9 Å². The van der Waals surface area contributed by atoms with Crippen molar-refractivity contribution in [2.75, 3.05) is 25.0 Å². The third kappa shape index (κ3) is 10.2. The number of anilines is 1. The lowest BCUT2D eigenvalue weighted by atomic mass is 10.0. The number of nitrogens with one attached hydrogen (secondary N) is 4. The zero-order valence-electron chi connectivity index (χ0n) is 25.2. The lowest BCUT2D eigenvalue weighted by Gasteiger charge is -2.25. The second kappa shape index (κ2) is 16.6. The molecule has 1 aliphatic rings. The summed E-state index contributed by atoms with van der Waals surface area (Å²) >= 11 is 0. The van der Waals surface area contributed by atoms with Gasteiger partial charge in [-0.05, 0) is 68.1 Å². The van der Waals surface area contributed by atoms with Gasteiger partial charge in [0.15, 0.2) is 5.78 Å². The van der Waals surface area contributed by atoms with Crippen LogP contribution in [0.5, 0.6) is 0 Å². The summed E-state index contributed by atoms with van der Waals surface area (Å²) in [5, 5.41) is 24.7. The smallest absolute Gasteiger partial charge is 0.326 e. The van der Waals surface area contributed by atoms with Gasteiger partial charge in [-0.25, -0.2) is 13.2 Å². The molecule has 3 amide bonds. The molecule has 1 heterocycles. The fraction of sp³-hybridized carbons (Fsp3) is 0.400. The lowest BCUT2D eigenvalue weighted by molar-refractivity contribution is -0.142. The quantitative estimate of drug-likeness (QED) is 0.0907. The Morgan fingerprint density at radius 2 is 1.78 bits per heavy atom. The Morgan fingerprint density at radius 3 is 2.43 bits per heavy atom. The lowest BCUT2D eigenvalue weighted by Crippen LogP contribution is -2.51. The van der Waals surface area contributed by atoms with Crippen molar-refractivity contribution in [1.29, 1.82) is 5.41 Å². The van der Waals surface area contributed by atoms with Crippen LogP contribution in [0.1, 0.15) is 54.4 Å². The number of aliphatic carboxylic acids is 1. The van der Waals surface area contributed by atoms with Gasteiger partial charge in [-0.1, -0.05) is 18.2 Å². The van der Waals surface area contributed by atoms with Gasteiger partial charge in [0.25, 0.3) is 5.91 Å². The van der Waals surface area contributed by atoms with Crippen LogP contribution >= 0.6 is 0 Å². The molecule has 0 aliphatic carbocycles. The van der Waals surface area contributed by atoms with E-state index in [1.165, 1.54) is 24.3 Å². The molecule has 0 radical (unpaired) electrons. The third-order valence-electron chi connectivity index (χ3n) is 7.17. The fourth-order valence-corrected chi connectivity index (χ4v) is 6.60. The summed E-state index contributed by atoms with van der Waals surface area (Å²) in [6.07, 6.45) is 0.692. The van der Waals surface area contributed by atoms with Crippen molar-refractivity contribution in [3.8, 4) is 0 Å². The van der Waals surface area contributed by atoms with Crippen LogP contribution in [0.3, 0.4) is 0 Å². The number of benzene rings is 2. The van der Waals surface area contributed by atoms with Gasteiger partial charge >= 0.3 is 5.97 Å². The van der Waals surface area contributed by atoms with Crippen LogP contribution in [-0.4, -0.2) is 84.9 Å². The van der Waals surface area contributed by atoms with Gasteiger partial charge in [-0.15, -0.1) is 0 Å². The summed E-state index contributed by atoms with van der Waals surface area (Å²) in [5.41, 5.74) is 11.8. The number of Topliss-reactive ketones (excluding diaryl/α,β-unsaturated/α-hetero) is 1. The molecule has 0 bridgehead atoms. The van der Waals surface area contributed by atoms with Crippen molar-refractivity contribution in [3.63, 3.8) is 0 Å². The molecular weight excluding hydrogens is 618 g/mol. The molecule has 248 valence electrons. The van der Waals surface area contributed by atoms with Crippen molar-refractivity contribution in [2.24, 2.45) is 11.5 Å². The highest BCUT2D eigenvalue weighted by Gasteiger charge is 2.40. The average Bonchev–Trinajstić information content (AvgIpc) is 3.52. The van der Waals surface area contributed by atoms with E-state index >= 15 is 0 Å². The van der Waals surface area contributed by atoms with E-state index in [2.05, 4.69) is 16.0 Å². The van der Waals surface area contributed by atoms with Gasteiger partial charge in [0, 0.05) is 37.1 Å². The molecule has 2 atom stereocenters. The van der Waals surface area contributed by atoms with Crippen LogP contribution < -0.4 is 27.4 Å². The summed E-state index contributed by atoms with van der Waals surface area (Å²) in [6.45, 7) is -0.0116. The highest BCUT2D eigenvalue weighted by Crippen LogP contribution is 2.26. The molecule has 15 nitrogen and oxygen atoms in total. The minimum atomic E-state index is -3.99. The Balaban J connectivity index is 1.58. The Hall–Kier alpha value is -4.67. The molecule has 3 rings (SSSR count). The summed E-state index contributed by atoms with van der Waals surface area (Å²) in [4.78, 5) is 62.6. The van der Waals surface area contributed by atoms with Crippen LogP contribution in [0.2, 0.25) is 0 Å². The van der Waals surface area contributed by atoms with Crippen LogP contribution in [-0.2, 0) is 35.6 Å². The molecule has 2 aromatic rings. The van der Waals surface area contributed by atoms with E-state index in [-0.39, 0.29) is 60.9 Å². The molecule has 1 saturated heterocycles. The zero-order valence-corrected chi connectivity index (χ0v) is 26.0. The molecule has 1 aliphatic heterocycles. The van der Waals surface area contributed by atoms with E-state index in [4.69, 9.17) is 16.9 Å². The number of nitrogens with zero attached hydrogens (tertiary/aromatic N) is 1. The summed E-state index contributed by atoms with van der Waals surface area (Å²) in [6, 6.07) is 9.49. The Morgan fingerprint density at radius 1 is 1.07 bits per heavy atom. The average molecular weight is 658 g/mol. The monoisotopic (exact) mass is 657 g/mol. The van der Waals surface area contributed by atoms with Crippen LogP contribution in [0, 0.1) is 5.41 Å². The zero-order chi connectivity index (χ0) is 33.9. The molecule has 0 unspecified atom stereocenters. The predicted molar refractivity (Wildman–Crippen MR) is 168 cm³/mol. The van der Waals surface area contributed by atoms with Crippen LogP contribution in [0.25, 0.3) is 0 Å². The predicted octanol–water partition coefficient (Wildman–Crippen LogP) is 0.344. The number of nitrogens with two attached hydrogens (primary N) is 2. The van der Waals surface area contributed by atoms with Crippen LogP contribution in [0.4, 0.5) is 5.69 Å². The fourth-order valence-electron chi connectivity index (χ4n) is 4.92. The first-order chi connectivity index (χ1) is 21.8. The van der Waals surface area contributed by atoms with Gasteiger partial charge in [-0.2, -0.15) is 4.31 Å². The van der Waals surface area contributed by atoms with Crippen molar-refractivity contribution >= 4 is 51.0 Å². The SMILES string of the molecule is N=C(N)Cc1cc(NC(=O)CCCN)cc(C(=O)NCC(=O)CC[C@H](NC(=O)[C@@H]2CCCN2S(=O)(=O)c2ccccc2)C(=O)O)c1. The third-order valence-corrected chi connectivity index (χ3v) is 9.09. The highest BCUT2D eigenvalue weighted by atomic mass is 32.2. The molecular formula is C30H39N7O8S. The summed E-state index contributed by atoms with van der Waals surface area (Å²) < 4.78 is 27.2. The standard InChI is InChI=1S/C30H39N7O8S/c31-12-4-9-27(39)35-21-15-19(16-26(32)33)14-20(17-21)28(40)34-18-22(38)10-11-24(30(42)43)36-29(41)25-8-5-13-37(25)46(44,45)23-6-2-1-3-7-23/h1-3,6-7,14-15,17,24-25H,4-5,8-13,16,18,31H2,(H3,32,33)(H,34,40)(H,35,39)(H,36,41)(H,42,43)/t24-,25-/m0/s1. The van der Waals surface area contributed by atoms with E-state index < -0.39 is 52.2 Å². The Labute approximate surface area is 266 Å². The van der Waals surface area contributed by atoms with Crippen molar-refractivity contribution < 1.29 is 37.5 Å². The van der Waals surface area contributed by atoms with Gasteiger partial charge in [0.2, 0.25) is 21.8 Å². The van der Waals surface area contributed by atoms with E-state index in [1.807, 2.05) is 0 Å². The van der Waals surface area contributed by atoms with Crippen LogP contribution in [0.15, 0.2) is 53.4 Å². The number of ketones is 1. The van der Waals surface area contributed by atoms with E-state index in [1.54, 1.807) is 24.3 Å². The number of rotatable bonds is 17. The van der Waals surface area contributed by atoms with E-state index in [0.29, 0.717) is 30.6 Å². The first-order valence-electron chi connectivity index (χ1n) is 14.7. The Kier molecular flexibility index (Phi) is 12.9. The minimum absolute atomic E-state index is 0.0187. The topological polar surface area (TPSA) is 255 Å². The second-order valence-corrected chi connectivity index (χ2v) is 12.7. The molecule has 16 heteroatoms.